The van der Waals surface area contributed by atoms with E-state index in [2.05, 4.69) is 11.4 Å². The first-order valence-corrected chi connectivity index (χ1v) is 13.1. The van der Waals surface area contributed by atoms with Gasteiger partial charge in [0.05, 0.1) is 13.2 Å². The van der Waals surface area contributed by atoms with Crippen molar-refractivity contribution in [1.29, 1.82) is 0 Å². The normalized spacial score (nSPS) is 14.2. The largest absolute Gasteiger partial charge is 0.469 e. The molecule has 0 saturated heterocycles. The monoisotopic (exact) mass is 440 g/mol. The molecule has 0 aliphatic carbocycles. The maximum atomic E-state index is 10.5. The van der Waals surface area contributed by atoms with Crippen molar-refractivity contribution in [1.82, 2.24) is 0 Å². The fraction of sp³-hybridized carbons (Fsp3) is 1.00. The highest BCUT2D eigenvalue weighted by atomic mass is 31.2. The Balaban J connectivity index is 3.28. The van der Waals surface area contributed by atoms with Gasteiger partial charge in [-0.2, -0.15) is 0 Å². The molecule has 0 rings (SSSR count). The zero-order valence-electron chi connectivity index (χ0n) is 18.3. The van der Waals surface area contributed by atoms with E-state index in [4.69, 9.17) is 14.5 Å². The molecule has 7 nitrogen and oxygen atoms in total. The number of hydrogen-bond donors (Lipinski definition) is 4. The molecule has 0 radical (unpaired) electrons. The van der Waals surface area contributed by atoms with Crippen molar-refractivity contribution < 1.29 is 33.8 Å². The summed E-state index contributed by atoms with van der Waals surface area (Å²) in [6.07, 6.45) is 17.6. The van der Waals surface area contributed by atoms with E-state index in [0.717, 1.165) is 19.3 Å². The minimum absolute atomic E-state index is 0.222. The molecule has 2 atom stereocenters. The average molecular weight is 441 g/mol. The van der Waals surface area contributed by atoms with Crippen LogP contribution in [0.1, 0.15) is 110 Å². The van der Waals surface area contributed by atoms with Gasteiger partial charge >= 0.3 is 7.82 Å². The fourth-order valence-electron chi connectivity index (χ4n) is 3.23. The van der Waals surface area contributed by atoms with E-state index in [1.807, 2.05) is 0 Å². The Hall–Kier alpha value is -0.0100. The van der Waals surface area contributed by atoms with Gasteiger partial charge in [0.25, 0.3) is 0 Å². The predicted octanol–water partition coefficient (Wildman–Crippen LogP) is 5.05. The Morgan fingerprint density at radius 2 is 1.10 bits per heavy atom. The molecule has 176 valence electrons. The van der Waals surface area contributed by atoms with Gasteiger partial charge < -0.3 is 24.7 Å². The summed E-state index contributed by atoms with van der Waals surface area (Å²) >= 11 is 0. The first kappa shape index (κ1) is 29.0. The summed E-state index contributed by atoms with van der Waals surface area (Å²) < 4.78 is 19.7. The van der Waals surface area contributed by atoms with E-state index < -0.39 is 26.8 Å². The van der Waals surface area contributed by atoms with Crippen LogP contribution in [0.3, 0.4) is 0 Å². The van der Waals surface area contributed by atoms with Crippen LogP contribution < -0.4 is 0 Å². The molecular formula is C21H45O7P. The molecule has 8 heteroatoms. The molecule has 0 aliphatic heterocycles. The lowest BCUT2D eigenvalue weighted by Crippen LogP contribution is -2.25. The molecule has 0 aliphatic rings. The topological polar surface area (TPSA) is 116 Å². The maximum Gasteiger partial charge on any atom is 0.469 e. The second-order valence-corrected chi connectivity index (χ2v) is 9.21. The van der Waals surface area contributed by atoms with Crippen molar-refractivity contribution >= 4 is 7.82 Å². The Kier molecular flexibility index (Phi) is 19.9. The molecule has 0 amide bonds. The number of phosphoric ester groups is 1. The van der Waals surface area contributed by atoms with Crippen LogP contribution in [-0.2, 0) is 13.8 Å². The SMILES string of the molecule is CCCCCCCCCCCCCCCCC[C@@H](O)OCC(O)COP(=O)(O)O. The van der Waals surface area contributed by atoms with Crippen LogP contribution in [0, 0.1) is 0 Å². The molecule has 1 unspecified atom stereocenters. The standard InChI is InChI=1S/C21H45O7P/c1-2-3-4-5-6-7-8-9-10-11-12-13-14-15-16-17-21(23)27-18-20(22)19-28-29(24,25)26/h20-23H,2-19H2,1H3,(H2,24,25,26)/t20?,21-/m0/s1. The van der Waals surface area contributed by atoms with E-state index in [9.17, 15) is 14.8 Å². The molecule has 0 aromatic rings. The van der Waals surface area contributed by atoms with E-state index in [0.29, 0.717) is 6.42 Å². The summed E-state index contributed by atoms with van der Waals surface area (Å²) in [5.74, 6) is 0. The van der Waals surface area contributed by atoms with Crippen LogP contribution in [-0.4, -0.2) is 45.6 Å². The maximum absolute atomic E-state index is 10.5. The van der Waals surface area contributed by atoms with Crippen LogP contribution in [0.2, 0.25) is 0 Å². The molecule has 4 N–H and O–H groups in total. The summed E-state index contributed by atoms with van der Waals surface area (Å²) in [6, 6.07) is 0. The van der Waals surface area contributed by atoms with Gasteiger partial charge in [-0.05, 0) is 12.8 Å². The summed E-state index contributed by atoms with van der Waals surface area (Å²) in [5.41, 5.74) is 0. The van der Waals surface area contributed by atoms with Crippen LogP contribution >= 0.6 is 7.82 Å². The summed E-state index contributed by atoms with van der Waals surface area (Å²) in [7, 11) is -4.59. The molecule has 0 spiro atoms. The number of phosphoric acid groups is 1. The fourth-order valence-corrected chi connectivity index (χ4v) is 3.59. The highest BCUT2D eigenvalue weighted by Crippen LogP contribution is 2.35. The number of rotatable bonds is 22. The third-order valence-corrected chi connectivity index (χ3v) is 5.46. The van der Waals surface area contributed by atoms with Crippen molar-refractivity contribution in [3.05, 3.63) is 0 Å². The van der Waals surface area contributed by atoms with Gasteiger partial charge in [-0.25, -0.2) is 4.57 Å². The number of hydrogen-bond acceptors (Lipinski definition) is 5. The van der Waals surface area contributed by atoms with E-state index in [-0.39, 0.29) is 6.61 Å². The van der Waals surface area contributed by atoms with Crippen molar-refractivity contribution in [3.8, 4) is 0 Å². The van der Waals surface area contributed by atoms with Crippen molar-refractivity contribution in [2.45, 2.75) is 122 Å². The second-order valence-electron chi connectivity index (χ2n) is 7.97. The first-order chi connectivity index (χ1) is 13.8. The lowest BCUT2D eigenvalue weighted by Gasteiger charge is -2.15. The lowest BCUT2D eigenvalue weighted by molar-refractivity contribution is -0.129. The number of ether oxygens (including phenoxy) is 1. The third-order valence-electron chi connectivity index (χ3n) is 4.97. The Bertz CT molecular complexity index is 389. The van der Waals surface area contributed by atoms with Gasteiger partial charge in [0.1, 0.15) is 6.10 Å². The number of aliphatic hydroxyl groups is 2. The minimum Gasteiger partial charge on any atom is -0.388 e. The van der Waals surface area contributed by atoms with E-state index in [1.54, 1.807) is 0 Å². The average Bonchev–Trinajstić information content (AvgIpc) is 2.67. The summed E-state index contributed by atoms with van der Waals surface area (Å²) in [4.78, 5) is 17.1. The molecule has 0 saturated carbocycles. The van der Waals surface area contributed by atoms with Gasteiger partial charge in [0.15, 0.2) is 6.29 Å². The molecule has 29 heavy (non-hydrogen) atoms. The number of unbranched alkanes of at least 4 members (excludes halogenated alkanes) is 14. The first-order valence-electron chi connectivity index (χ1n) is 11.5. The van der Waals surface area contributed by atoms with Crippen LogP contribution in [0.5, 0.6) is 0 Å². The van der Waals surface area contributed by atoms with Crippen LogP contribution in [0.25, 0.3) is 0 Å². The Labute approximate surface area is 177 Å². The van der Waals surface area contributed by atoms with E-state index in [1.165, 1.54) is 77.0 Å². The van der Waals surface area contributed by atoms with Gasteiger partial charge in [-0.3, -0.25) is 4.52 Å². The Morgan fingerprint density at radius 1 is 0.690 bits per heavy atom. The van der Waals surface area contributed by atoms with Gasteiger partial charge in [0, 0.05) is 0 Å². The molecule has 0 heterocycles. The smallest absolute Gasteiger partial charge is 0.388 e. The quantitative estimate of drug-likeness (QED) is 0.106. The van der Waals surface area contributed by atoms with Gasteiger partial charge in [-0.1, -0.05) is 96.8 Å². The highest BCUT2D eigenvalue weighted by molar-refractivity contribution is 7.46. The molecule has 0 bridgehead atoms. The summed E-state index contributed by atoms with van der Waals surface area (Å²) in [6.45, 7) is 1.50. The zero-order chi connectivity index (χ0) is 21.8. The van der Waals surface area contributed by atoms with Crippen molar-refractivity contribution in [3.63, 3.8) is 0 Å². The molecule has 0 aromatic carbocycles. The summed E-state index contributed by atoms with van der Waals surface area (Å²) in [5, 5.41) is 19.2. The van der Waals surface area contributed by atoms with Crippen molar-refractivity contribution in [2.24, 2.45) is 0 Å². The van der Waals surface area contributed by atoms with E-state index >= 15 is 0 Å². The lowest BCUT2D eigenvalue weighted by atomic mass is 10.0. The minimum atomic E-state index is -4.59. The van der Waals surface area contributed by atoms with Crippen LogP contribution in [0.4, 0.5) is 0 Å². The third kappa shape index (κ3) is 24.1. The zero-order valence-corrected chi connectivity index (χ0v) is 19.2. The molecule has 0 fully saturated rings. The highest BCUT2D eigenvalue weighted by Gasteiger charge is 2.17. The van der Waals surface area contributed by atoms with Gasteiger partial charge in [-0.15, -0.1) is 0 Å². The van der Waals surface area contributed by atoms with Crippen molar-refractivity contribution in [2.75, 3.05) is 13.2 Å². The molecular weight excluding hydrogens is 395 g/mol. The Morgan fingerprint density at radius 3 is 1.52 bits per heavy atom. The molecule has 0 aromatic heterocycles. The number of aliphatic hydroxyl groups excluding tert-OH is 2. The predicted molar refractivity (Wildman–Crippen MR) is 116 cm³/mol. The second kappa shape index (κ2) is 19.9. The van der Waals surface area contributed by atoms with Crippen LogP contribution in [0.15, 0.2) is 0 Å². The van der Waals surface area contributed by atoms with Gasteiger partial charge in [0.2, 0.25) is 0 Å².